The maximum absolute atomic E-state index is 9.56. The Morgan fingerprint density at radius 3 is 2.75 bits per heavy atom. The maximum Gasteiger partial charge on any atom is 0.0681 e. The summed E-state index contributed by atoms with van der Waals surface area (Å²) in [6.07, 6.45) is 1.95. The van der Waals surface area contributed by atoms with Crippen LogP contribution in [0, 0.1) is 4.91 Å². The van der Waals surface area contributed by atoms with Crippen molar-refractivity contribution in [3.8, 4) is 0 Å². The highest BCUT2D eigenvalue weighted by Crippen LogP contribution is 1.87. The summed E-state index contributed by atoms with van der Waals surface area (Å²) in [5.74, 6) is 5.01. The SMILES string of the molecule is CCCCN(N)N=O. The van der Waals surface area contributed by atoms with Crippen molar-refractivity contribution in [3.05, 3.63) is 4.91 Å². The van der Waals surface area contributed by atoms with Crippen LogP contribution in [0.15, 0.2) is 5.29 Å². The van der Waals surface area contributed by atoms with Crippen LogP contribution in [0.25, 0.3) is 0 Å². The number of nitrogens with two attached hydrogens (primary N) is 1. The number of rotatable bonds is 4. The summed E-state index contributed by atoms with van der Waals surface area (Å²) in [6, 6.07) is 0. The van der Waals surface area contributed by atoms with Gasteiger partial charge < -0.3 is 0 Å². The number of hydrogen-bond acceptors (Lipinski definition) is 3. The number of unbranched alkanes of at least 4 members (excludes halogenated alkanes) is 1. The highest BCUT2D eigenvalue weighted by molar-refractivity contribution is 4.38. The van der Waals surface area contributed by atoms with Crippen molar-refractivity contribution in [2.24, 2.45) is 11.1 Å². The van der Waals surface area contributed by atoms with Gasteiger partial charge in [-0.1, -0.05) is 13.3 Å². The van der Waals surface area contributed by atoms with E-state index in [1.54, 1.807) is 0 Å². The normalized spacial score (nSPS) is 8.75. The molecule has 0 saturated carbocycles. The Hall–Kier alpha value is -0.640. The van der Waals surface area contributed by atoms with Crippen LogP contribution in [0.4, 0.5) is 0 Å². The van der Waals surface area contributed by atoms with E-state index < -0.39 is 0 Å². The number of nitrogens with zero attached hydrogens (tertiary/aromatic N) is 2. The molecular formula is C4H11N3O. The largest absolute Gasteiger partial charge is 0.229 e. The molecule has 0 rings (SSSR count). The zero-order valence-corrected chi connectivity index (χ0v) is 5.00. The van der Waals surface area contributed by atoms with Crippen LogP contribution in [0.5, 0.6) is 0 Å². The maximum atomic E-state index is 9.56. The molecule has 0 saturated heterocycles. The summed E-state index contributed by atoms with van der Waals surface area (Å²) in [5, 5.41) is 3.39. The van der Waals surface area contributed by atoms with Crippen LogP contribution in [0.1, 0.15) is 19.8 Å². The van der Waals surface area contributed by atoms with Crippen molar-refractivity contribution >= 4 is 0 Å². The van der Waals surface area contributed by atoms with Gasteiger partial charge in [-0.3, -0.25) is 0 Å². The minimum atomic E-state index is 0.556. The molecule has 0 aliphatic heterocycles. The topological polar surface area (TPSA) is 58.7 Å². The molecule has 0 aliphatic carbocycles. The second-order valence-electron chi connectivity index (χ2n) is 1.60. The average molecular weight is 117 g/mol. The smallest absolute Gasteiger partial charge is 0.0681 e. The first-order chi connectivity index (χ1) is 3.81. The van der Waals surface area contributed by atoms with Crippen LogP contribution in [-0.2, 0) is 0 Å². The van der Waals surface area contributed by atoms with E-state index in [1.165, 1.54) is 0 Å². The van der Waals surface area contributed by atoms with Crippen molar-refractivity contribution < 1.29 is 0 Å². The second-order valence-corrected chi connectivity index (χ2v) is 1.60. The van der Waals surface area contributed by atoms with Crippen LogP contribution >= 0.6 is 0 Å². The number of hydrogen-bond donors (Lipinski definition) is 1. The molecule has 0 aromatic heterocycles. The van der Waals surface area contributed by atoms with Crippen molar-refractivity contribution in [2.75, 3.05) is 6.54 Å². The summed E-state index contributed by atoms with van der Waals surface area (Å²) < 4.78 is 0. The van der Waals surface area contributed by atoms with E-state index in [2.05, 4.69) is 5.29 Å². The molecule has 0 bridgehead atoms. The van der Waals surface area contributed by atoms with E-state index in [0.29, 0.717) is 6.54 Å². The van der Waals surface area contributed by atoms with Crippen LogP contribution in [-0.4, -0.2) is 11.7 Å². The highest BCUT2D eigenvalue weighted by atomic mass is 16.3. The molecule has 0 spiro atoms. The summed E-state index contributed by atoms with van der Waals surface area (Å²) in [6.45, 7) is 2.58. The Morgan fingerprint density at radius 2 is 2.38 bits per heavy atom. The Bertz CT molecular complexity index is 66.3. The van der Waals surface area contributed by atoms with E-state index in [1.807, 2.05) is 6.92 Å². The Labute approximate surface area is 48.6 Å². The van der Waals surface area contributed by atoms with Gasteiger partial charge in [-0.2, -0.15) is 5.12 Å². The Balaban J connectivity index is 2.98. The van der Waals surface area contributed by atoms with E-state index >= 15 is 0 Å². The third-order valence-electron chi connectivity index (χ3n) is 0.846. The average Bonchev–Trinajstić information content (AvgIpc) is 1.83. The van der Waals surface area contributed by atoms with E-state index in [9.17, 15) is 4.91 Å². The third-order valence-corrected chi connectivity index (χ3v) is 0.846. The van der Waals surface area contributed by atoms with Gasteiger partial charge >= 0.3 is 0 Å². The van der Waals surface area contributed by atoms with Gasteiger partial charge in [0, 0.05) is 0 Å². The fourth-order valence-corrected chi connectivity index (χ4v) is 0.361. The Kier molecular flexibility index (Phi) is 4.16. The van der Waals surface area contributed by atoms with Crippen molar-refractivity contribution in [1.29, 1.82) is 0 Å². The molecule has 0 amide bonds. The van der Waals surface area contributed by atoms with Gasteiger partial charge in [0.05, 0.1) is 11.8 Å². The van der Waals surface area contributed by atoms with Gasteiger partial charge in [-0.25, -0.2) is 5.84 Å². The molecule has 0 atom stereocenters. The van der Waals surface area contributed by atoms with Gasteiger partial charge in [-0.15, -0.1) is 4.91 Å². The first kappa shape index (κ1) is 7.36. The molecule has 0 aromatic carbocycles. The summed E-state index contributed by atoms with van der Waals surface area (Å²) >= 11 is 0. The summed E-state index contributed by atoms with van der Waals surface area (Å²) in [5.41, 5.74) is 0. The molecule has 4 nitrogen and oxygen atoms in total. The highest BCUT2D eigenvalue weighted by Gasteiger charge is 1.90. The fourth-order valence-electron chi connectivity index (χ4n) is 0.361. The minimum Gasteiger partial charge on any atom is -0.229 e. The standard InChI is InChI=1S/C4H11N3O/c1-2-3-4-7(5)6-8/h2-5H2,1H3. The van der Waals surface area contributed by atoms with Crippen LogP contribution in [0.3, 0.4) is 0 Å². The van der Waals surface area contributed by atoms with Crippen molar-refractivity contribution in [2.45, 2.75) is 19.8 Å². The summed E-state index contributed by atoms with van der Waals surface area (Å²) in [7, 11) is 0. The van der Waals surface area contributed by atoms with E-state index in [4.69, 9.17) is 5.84 Å². The first-order valence-electron chi connectivity index (χ1n) is 2.66. The molecule has 2 N–H and O–H groups in total. The molecule has 8 heavy (non-hydrogen) atoms. The lowest BCUT2D eigenvalue weighted by Gasteiger charge is -2.04. The van der Waals surface area contributed by atoms with E-state index in [0.717, 1.165) is 18.0 Å². The number of nitroso groups, excluding NO2 is 1. The zero-order chi connectivity index (χ0) is 6.41. The van der Waals surface area contributed by atoms with Crippen molar-refractivity contribution in [3.63, 3.8) is 0 Å². The first-order valence-corrected chi connectivity index (χ1v) is 2.66. The molecule has 48 valence electrons. The van der Waals surface area contributed by atoms with Gasteiger partial charge in [0.15, 0.2) is 0 Å². The lowest BCUT2D eigenvalue weighted by molar-refractivity contribution is 0.289. The molecule has 0 heterocycles. The second kappa shape index (κ2) is 4.52. The molecule has 0 unspecified atom stereocenters. The van der Waals surface area contributed by atoms with Gasteiger partial charge in [-0.05, 0) is 6.42 Å². The summed E-state index contributed by atoms with van der Waals surface area (Å²) in [4.78, 5) is 9.56. The van der Waals surface area contributed by atoms with Crippen LogP contribution < -0.4 is 5.84 Å². The van der Waals surface area contributed by atoms with Crippen LogP contribution in [0.2, 0.25) is 0 Å². The predicted molar refractivity (Wildman–Crippen MR) is 31.6 cm³/mol. The van der Waals surface area contributed by atoms with Gasteiger partial charge in [0.1, 0.15) is 0 Å². The molecule has 0 aliphatic rings. The third kappa shape index (κ3) is 3.55. The molecular weight excluding hydrogens is 106 g/mol. The minimum absolute atomic E-state index is 0.556. The molecule has 4 heteroatoms. The quantitative estimate of drug-likeness (QED) is 0.334. The monoisotopic (exact) mass is 117 g/mol. The lowest BCUT2D eigenvalue weighted by Crippen LogP contribution is -2.25. The number of hydrazine groups is 1. The Morgan fingerprint density at radius 1 is 1.75 bits per heavy atom. The van der Waals surface area contributed by atoms with E-state index in [-0.39, 0.29) is 0 Å². The van der Waals surface area contributed by atoms with Gasteiger partial charge in [0.25, 0.3) is 0 Å². The molecule has 0 radical (unpaired) electrons. The zero-order valence-electron chi connectivity index (χ0n) is 5.00. The lowest BCUT2D eigenvalue weighted by atomic mass is 10.3. The fraction of sp³-hybridized carbons (Fsp3) is 1.00. The molecule has 0 fully saturated rings. The van der Waals surface area contributed by atoms with Gasteiger partial charge in [0.2, 0.25) is 0 Å². The molecule has 0 aromatic rings. The van der Waals surface area contributed by atoms with Crippen molar-refractivity contribution in [1.82, 2.24) is 5.12 Å². The predicted octanol–water partition coefficient (Wildman–Crippen LogP) is 0.644.